The number of hydrogen-bond acceptors (Lipinski definition) is 3. The van der Waals surface area contributed by atoms with E-state index >= 15 is 0 Å². The molecule has 26 heavy (non-hydrogen) atoms. The summed E-state index contributed by atoms with van der Waals surface area (Å²) in [4.78, 5) is 28.0. The second-order valence-corrected chi connectivity index (χ2v) is 6.54. The summed E-state index contributed by atoms with van der Waals surface area (Å²) in [6, 6.07) is 13.2. The van der Waals surface area contributed by atoms with Crippen LogP contribution in [0.25, 0.3) is 10.9 Å². The number of aromatic nitrogens is 1. The van der Waals surface area contributed by atoms with E-state index in [-0.39, 0.29) is 17.0 Å². The summed E-state index contributed by atoms with van der Waals surface area (Å²) in [5.74, 6) is -0.416. The summed E-state index contributed by atoms with van der Waals surface area (Å²) >= 11 is 6.08. The topological polar surface area (TPSA) is 74.0 Å². The Morgan fingerprint density at radius 3 is 2.77 bits per heavy atom. The molecule has 0 radical (unpaired) electrons. The SMILES string of the molecule is CNC(C)c1cccc(CNC(=O)c2c[nH]c3c(Cl)cccc3c2=O)c1. The molecular weight excluding hydrogens is 350 g/mol. The Bertz CT molecular complexity index is 1010. The van der Waals surface area contributed by atoms with Gasteiger partial charge >= 0.3 is 0 Å². The lowest BCUT2D eigenvalue weighted by atomic mass is 10.1. The van der Waals surface area contributed by atoms with Crippen LogP contribution in [0.15, 0.2) is 53.5 Å². The summed E-state index contributed by atoms with van der Waals surface area (Å²) in [6.45, 7) is 2.41. The first kappa shape index (κ1) is 18.2. The molecule has 1 unspecified atom stereocenters. The minimum absolute atomic E-state index is 0.0690. The smallest absolute Gasteiger partial charge is 0.257 e. The number of carbonyl (C=O) groups is 1. The molecule has 5 nitrogen and oxygen atoms in total. The van der Waals surface area contributed by atoms with Crippen molar-refractivity contribution >= 4 is 28.4 Å². The number of rotatable bonds is 5. The van der Waals surface area contributed by atoms with Gasteiger partial charge in [0.25, 0.3) is 5.91 Å². The number of hydrogen-bond donors (Lipinski definition) is 3. The largest absolute Gasteiger partial charge is 0.359 e. The fraction of sp³-hybridized carbons (Fsp3) is 0.200. The summed E-state index contributed by atoms with van der Waals surface area (Å²) in [6.07, 6.45) is 1.41. The summed E-state index contributed by atoms with van der Waals surface area (Å²) in [5.41, 5.74) is 2.37. The van der Waals surface area contributed by atoms with E-state index in [1.807, 2.05) is 31.3 Å². The van der Waals surface area contributed by atoms with Crippen LogP contribution in [-0.4, -0.2) is 17.9 Å². The van der Waals surface area contributed by atoms with Crippen molar-refractivity contribution < 1.29 is 4.79 Å². The number of amides is 1. The first-order valence-corrected chi connectivity index (χ1v) is 8.73. The number of halogens is 1. The van der Waals surface area contributed by atoms with Crippen LogP contribution in [0.4, 0.5) is 0 Å². The zero-order chi connectivity index (χ0) is 18.7. The van der Waals surface area contributed by atoms with E-state index in [9.17, 15) is 9.59 Å². The molecule has 134 valence electrons. The predicted molar refractivity (Wildman–Crippen MR) is 105 cm³/mol. The lowest BCUT2D eigenvalue weighted by Crippen LogP contribution is -2.28. The summed E-state index contributed by atoms with van der Waals surface area (Å²) in [7, 11) is 1.90. The predicted octanol–water partition coefficient (Wildman–Crippen LogP) is 3.39. The van der Waals surface area contributed by atoms with Gasteiger partial charge in [0.15, 0.2) is 0 Å². The van der Waals surface area contributed by atoms with Crippen LogP contribution in [0.1, 0.15) is 34.5 Å². The summed E-state index contributed by atoms with van der Waals surface area (Å²) < 4.78 is 0. The molecular formula is C20H20ClN3O2. The highest BCUT2D eigenvalue weighted by Crippen LogP contribution is 2.18. The first-order chi connectivity index (χ1) is 12.5. The standard InChI is InChI=1S/C20H20ClN3O2/c1-12(22-2)14-6-3-5-13(9-14)10-24-20(26)16-11-23-18-15(19(16)25)7-4-8-17(18)21/h3-9,11-12,22H,10H2,1-2H3,(H,23,25)(H,24,26). The van der Waals surface area contributed by atoms with Crippen LogP contribution in [0, 0.1) is 0 Å². The maximum absolute atomic E-state index is 12.6. The van der Waals surface area contributed by atoms with Crippen molar-refractivity contribution in [1.82, 2.24) is 15.6 Å². The minimum atomic E-state index is -0.416. The molecule has 0 fully saturated rings. The zero-order valence-electron chi connectivity index (χ0n) is 14.6. The lowest BCUT2D eigenvalue weighted by molar-refractivity contribution is 0.0949. The van der Waals surface area contributed by atoms with E-state index in [2.05, 4.69) is 22.5 Å². The van der Waals surface area contributed by atoms with Crippen molar-refractivity contribution in [3.8, 4) is 0 Å². The fourth-order valence-corrected chi connectivity index (χ4v) is 3.03. The van der Waals surface area contributed by atoms with Crippen LogP contribution in [0.3, 0.4) is 0 Å². The fourth-order valence-electron chi connectivity index (χ4n) is 2.80. The van der Waals surface area contributed by atoms with Gasteiger partial charge in [-0.15, -0.1) is 0 Å². The molecule has 3 N–H and O–H groups in total. The van der Waals surface area contributed by atoms with E-state index in [0.29, 0.717) is 22.5 Å². The van der Waals surface area contributed by atoms with Crippen LogP contribution in [0.5, 0.6) is 0 Å². The Kier molecular flexibility index (Phi) is 5.40. The second kappa shape index (κ2) is 7.72. The van der Waals surface area contributed by atoms with E-state index in [0.717, 1.165) is 11.1 Å². The normalized spacial score (nSPS) is 12.1. The maximum atomic E-state index is 12.6. The molecule has 1 aromatic heterocycles. The Morgan fingerprint density at radius 2 is 2.00 bits per heavy atom. The van der Waals surface area contributed by atoms with Gasteiger partial charge in [-0.1, -0.05) is 41.9 Å². The monoisotopic (exact) mass is 369 g/mol. The molecule has 6 heteroatoms. The van der Waals surface area contributed by atoms with Gasteiger partial charge in [-0.3, -0.25) is 9.59 Å². The Labute approximate surface area is 156 Å². The van der Waals surface area contributed by atoms with Gasteiger partial charge in [0, 0.05) is 24.2 Å². The van der Waals surface area contributed by atoms with Crippen LogP contribution < -0.4 is 16.1 Å². The molecule has 0 aliphatic carbocycles. The number of H-pyrrole nitrogens is 1. The third-order valence-corrected chi connectivity index (χ3v) is 4.76. The van der Waals surface area contributed by atoms with Crippen molar-refractivity contribution in [1.29, 1.82) is 0 Å². The van der Waals surface area contributed by atoms with Gasteiger partial charge < -0.3 is 15.6 Å². The highest BCUT2D eigenvalue weighted by molar-refractivity contribution is 6.35. The molecule has 0 saturated heterocycles. The van der Waals surface area contributed by atoms with Gasteiger partial charge in [-0.2, -0.15) is 0 Å². The Hall–Kier alpha value is -2.63. The average molecular weight is 370 g/mol. The Balaban J connectivity index is 1.80. The van der Waals surface area contributed by atoms with Gasteiger partial charge in [-0.05, 0) is 37.2 Å². The molecule has 3 rings (SSSR count). The number of aromatic amines is 1. The number of para-hydroxylation sites is 1. The van der Waals surface area contributed by atoms with E-state index < -0.39 is 5.91 Å². The molecule has 0 bridgehead atoms. The molecule has 0 spiro atoms. The third kappa shape index (κ3) is 3.64. The van der Waals surface area contributed by atoms with Crippen molar-refractivity contribution in [2.45, 2.75) is 19.5 Å². The lowest BCUT2D eigenvalue weighted by Gasteiger charge is -2.12. The van der Waals surface area contributed by atoms with Crippen molar-refractivity contribution in [2.24, 2.45) is 0 Å². The first-order valence-electron chi connectivity index (χ1n) is 8.35. The van der Waals surface area contributed by atoms with Gasteiger partial charge in [-0.25, -0.2) is 0 Å². The number of nitrogens with one attached hydrogen (secondary N) is 3. The minimum Gasteiger partial charge on any atom is -0.359 e. The zero-order valence-corrected chi connectivity index (χ0v) is 15.4. The van der Waals surface area contributed by atoms with Crippen LogP contribution in [0.2, 0.25) is 5.02 Å². The van der Waals surface area contributed by atoms with E-state index in [4.69, 9.17) is 11.6 Å². The van der Waals surface area contributed by atoms with Crippen molar-refractivity contribution in [3.63, 3.8) is 0 Å². The molecule has 0 saturated carbocycles. The van der Waals surface area contributed by atoms with Crippen LogP contribution >= 0.6 is 11.6 Å². The van der Waals surface area contributed by atoms with Crippen molar-refractivity contribution in [2.75, 3.05) is 7.05 Å². The number of benzene rings is 2. The quantitative estimate of drug-likeness (QED) is 0.645. The van der Waals surface area contributed by atoms with E-state index in [1.54, 1.807) is 18.2 Å². The van der Waals surface area contributed by atoms with Crippen molar-refractivity contribution in [3.05, 3.63) is 80.6 Å². The summed E-state index contributed by atoms with van der Waals surface area (Å²) in [5, 5.41) is 6.84. The van der Waals surface area contributed by atoms with Gasteiger partial charge in [0.05, 0.1) is 10.5 Å². The maximum Gasteiger partial charge on any atom is 0.257 e. The van der Waals surface area contributed by atoms with E-state index in [1.165, 1.54) is 6.20 Å². The van der Waals surface area contributed by atoms with Gasteiger partial charge in [0.1, 0.15) is 5.56 Å². The molecule has 1 heterocycles. The highest BCUT2D eigenvalue weighted by Gasteiger charge is 2.14. The highest BCUT2D eigenvalue weighted by atomic mass is 35.5. The average Bonchev–Trinajstić information content (AvgIpc) is 2.66. The second-order valence-electron chi connectivity index (χ2n) is 6.13. The molecule has 2 aromatic carbocycles. The molecule has 1 amide bonds. The third-order valence-electron chi connectivity index (χ3n) is 4.45. The van der Waals surface area contributed by atoms with Gasteiger partial charge in [0.2, 0.25) is 5.43 Å². The van der Waals surface area contributed by atoms with Crippen LogP contribution in [-0.2, 0) is 6.54 Å². The molecule has 0 aliphatic rings. The molecule has 1 atom stereocenters. The molecule has 0 aliphatic heterocycles. The number of pyridine rings is 1. The Morgan fingerprint density at radius 1 is 1.23 bits per heavy atom. The number of fused-ring (bicyclic) bond motifs is 1. The number of carbonyl (C=O) groups excluding carboxylic acids is 1. The molecule has 3 aromatic rings.